The third-order valence-electron chi connectivity index (χ3n) is 4.10. The van der Waals surface area contributed by atoms with Gasteiger partial charge in [-0.15, -0.1) is 5.10 Å². The molecule has 2 N–H and O–H groups in total. The fraction of sp³-hybridized carbons (Fsp3) is 0.263. The van der Waals surface area contributed by atoms with Crippen LogP contribution in [0.5, 0.6) is 23.4 Å². The molecule has 0 amide bonds. The molecule has 0 saturated carbocycles. The highest BCUT2D eigenvalue weighted by Crippen LogP contribution is 2.29. The Kier molecular flexibility index (Phi) is 5.85. The lowest BCUT2D eigenvalue weighted by atomic mass is 10.1. The minimum absolute atomic E-state index is 0.246. The van der Waals surface area contributed by atoms with Gasteiger partial charge in [0.05, 0.1) is 32.6 Å². The number of hydrogen-bond acceptors (Lipinski definition) is 8. The molecular formula is C19H23N5O4. The lowest BCUT2D eigenvalue weighted by molar-refractivity contribution is 0.284. The van der Waals surface area contributed by atoms with Crippen LogP contribution in [0, 0.1) is 0 Å². The number of benzene rings is 1. The number of ether oxygens (including phenoxy) is 4. The molecule has 0 unspecified atom stereocenters. The van der Waals surface area contributed by atoms with Crippen molar-refractivity contribution in [2.24, 2.45) is 5.84 Å². The summed E-state index contributed by atoms with van der Waals surface area (Å²) in [6.45, 7) is 0.246. The first-order valence-corrected chi connectivity index (χ1v) is 8.49. The second kappa shape index (κ2) is 8.49. The van der Waals surface area contributed by atoms with Crippen LogP contribution in [-0.2, 0) is 6.61 Å². The molecule has 2 heterocycles. The van der Waals surface area contributed by atoms with Crippen LogP contribution in [0.15, 0.2) is 42.6 Å². The van der Waals surface area contributed by atoms with E-state index in [-0.39, 0.29) is 6.61 Å². The first-order valence-electron chi connectivity index (χ1n) is 8.49. The van der Waals surface area contributed by atoms with Gasteiger partial charge in [-0.05, 0) is 18.2 Å². The summed E-state index contributed by atoms with van der Waals surface area (Å²) in [5.41, 5.74) is 2.30. The van der Waals surface area contributed by atoms with Crippen molar-refractivity contribution in [3.8, 4) is 29.1 Å². The largest absolute Gasteiger partial charge is 0.496 e. The van der Waals surface area contributed by atoms with Crippen LogP contribution >= 0.6 is 0 Å². The Bertz CT molecular complexity index is 942. The van der Waals surface area contributed by atoms with Crippen LogP contribution in [0.4, 0.5) is 5.69 Å². The van der Waals surface area contributed by atoms with Crippen LogP contribution in [0.1, 0.15) is 5.56 Å². The van der Waals surface area contributed by atoms with Crippen molar-refractivity contribution in [3.05, 3.63) is 48.2 Å². The van der Waals surface area contributed by atoms with Crippen LogP contribution in [0.2, 0.25) is 0 Å². The van der Waals surface area contributed by atoms with Gasteiger partial charge in [0.1, 0.15) is 18.0 Å². The standard InChI is InChI=1S/C19H23N5O4/c1-23(20)14-6-5-7-16(25-2)13(14)12-28-18-10-11-24(22-18)15-8-9-17(26-3)21-19(15)27-4/h5-11H,12,20H2,1-4H3. The van der Waals surface area contributed by atoms with Crippen molar-refractivity contribution in [1.82, 2.24) is 14.8 Å². The Labute approximate surface area is 163 Å². The molecule has 2 aromatic heterocycles. The van der Waals surface area contributed by atoms with Crippen LogP contribution in [-0.4, -0.2) is 43.1 Å². The molecule has 0 radical (unpaired) electrons. The monoisotopic (exact) mass is 385 g/mol. The lowest BCUT2D eigenvalue weighted by Gasteiger charge is -2.19. The Morgan fingerprint density at radius 3 is 2.50 bits per heavy atom. The smallest absolute Gasteiger partial charge is 0.243 e. The summed E-state index contributed by atoms with van der Waals surface area (Å²) in [7, 11) is 6.46. The van der Waals surface area contributed by atoms with Gasteiger partial charge in [-0.2, -0.15) is 4.98 Å². The van der Waals surface area contributed by atoms with Crippen molar-refractivity contribution in [3.63, 3.8) is 0 Å². The van der Waals surface area contributed by atoms with Crippen molar-refractivity contribution in [1.29, 1.82) is 0 Å². The Hall–Kier alpha value is -3.46. The quantitative estimate of drug-likeness (QED) is 0.466. The average molecular weight is 385 g/mol. The topological polar surface area (TPSA) is 96.9 Å². The number of methoxy groups -OCH3 is 3. The molecule has 1 aromatic carbocycles. The normalized spacial score (nSPS) is 10.5. The van der Waals surface area contributed by atoms with Crippen molar-refractivity contribution >= 4 is 5.69 Å². The van der Waals surface area contributed by atoms with Crippen LogP contribution in [0.3, 0.4) is 0 Å². The third kappa shape index (κ3) is 3.94. The Morgan fingerprint density at radius 1 is 1.00 bits per heavy atom. The van der Waals surface area contributed by atoms with E-state index in [0.29, 0.717) is 29.1 Å². The number of hydrazine groups is 1. The van der Waals surface area contributed by atoms with E-state index in [1.807, 2.05) is 24.3 Å². The van der Waals surface area contributed by atoms with Gasteiger partial charge in [-0.3, -0.25) is 0 Å². The maximum atomic E-state index is 5.91. The molecular weight excluding hydrogens is 362 g/mol. The molecule has 0 aliphatic rings. The maximum Gasteiger partial charge on any atom is 0.243 e. The second-order valence-corrected chi connectivity index (χ2v) is 5.84. The highest BCUT2D eigenvalue weighted by atomic mass is 16.5. The van der Waals surface area contributed by atoms with E-state index >= 15 is 0 Å². The van der Waals surface area contributed by atoms with Gasteiger partial charge >= 0.3 is 0 Å². The minimum atomic E-state index is 0.246. The van der Waals surface area contributed by atoms with E-state index < -0.39 is 0 Å². The molecule has 0 atom stereocenters. The lowest BCUT2D eigenvalue weighted by Crippen LogP contribution is -2.26. The van der Waals surface area contributed by atoms with Gasteiger partial charge in [0.15, 0.2) is 0 Å². The van der Waals surface area contributed by atoms with Crippen LogP contribution < -0.4 is 29.8 Å². The summed E-state index contributed by atoms with van der Waals surface area (Å²) in [6, 6.07) is 10.9. The maximum absolute atomic E-state index is 5.91. The van der Waals surface area contributed by atoms with E-state index in [1.165, 1.54) is 5.01 Å². The van der Waals surface area contributed by atoms with Crippen LogP contribution in [0.25, 0.3) is 5.69 Å². The van der Waals surface area contributed by atoms with Gasteiger partial charge in [0.2, 0.25) is 17.6 Å². The first kappa shape index (κ1) is 19.3. The Morgan fingerprint density at radius 2 is 1.82 bits per heavy atom. The zero-order valence-corrected chi connectivity index (χ0v) is 16.2. The molecule has 0 bridgehead atoms. The minimum Gasteiger partial charge on any atom is -0.496 e. The van der Waals surface area contributed by atoms with Gasteiger partial charge in [-0.1, -0.05) is 6.07 Å². The van der Waals surface area contributed by atoms with E-state index in [4.69, 9.17) is 24.8 Å². The molecule has 0 aliphatic carbocycles. The molecule has 3 rings (SSSR count). The van der Waals surface area contributed by atoms with Gasteiger partial charge in [-0.25, -0.2) is 10.5 Å². The predicted octanol–water partition coefficient (Wildman–Crippen LogP) is 2.18. The summed E-state index contributed by atoms with van der Waals surface area (Å²) in [4.78, 5) is 4.26. The third-order valence-corrected chi connectivity index (χ3v) is 4.10. The molecule has 28 heavy (non-hydrogen) atoms. The second-order valence-electron chi connectivity index (χ2n) is 5.84. The summed E-state index contributed by atoms with van der Waals surface area (Å²) in [5.74, 6) is 7.90. The zero-order chi connectivity index (χ0) is 20.1. The van der Waals surface area contributed by atoms with E-state index in [9.17, 15) is 0 Å². The zero-order valence-electron chi connectivity index (χ0n) is 16.2. The predicted molar refractivity (Wildman–Crippen MR) is 104 cm³/mol. The van der Waals surface area contributed by atoms with E-state index in [0.717, 1.165) is 11.3 Å². The SMILES string of the molecule is COc1ccc(-n2ccc(OCc3c(OC)cccc3N(C)N)n2)c(OC)n1. The Balaban J connectivity index is 1.82. The van der Waals surface area contributed by atoms with Gasteiger partial charge < -0.3 is 24.0 Å². The summed E-state index contributed by atoms with van der Waals surface area (Å²) in [5, 5.41) is 5.96. The number of anilines is 1. The molecule has 0 aliphatic heterocycles. The molecule has 9 heteroatoms. The summed E-state index contributed by atoms with van der Waals surface area (Å²) >= 11 is 0. The van der Waals surface area contributed by atoms with E-state index in [2.05, 4.69) is 10.1 Å². The highest BCUT2D eigenvalue weighted by molar-refractivity contribution is 5.58. The van der Waals surface area contributed by atoms with Crippen molar-refractivity contribution < 1.29 is 18.9 Å². The molecule has 0 saturated heterocycles. The highest BCUT2D eigenvalue weighted by Gasteiger charge is 2.14. The molecule has 0 fully saturated rings. The molecule has 9 nitrogen and oxygen atoms in total. The summed E-state index contributed by atoms with van der Waals surface area (Å²) < 4.78 is 23.4. The van der Waals surface area contributed by atoms with Crippen molar-refractivity contribution in [2.45, 2.75) is 6.61 Å². The number of nitrogens with two attached hydrogens (primary N) is 1. The van der Waals surface area contributed by atoms with Gasteiger partial charge in [0, 0.05) is 25.4 Å². The molecule has 0 spiro atoms. The first-order chi connectivity index (χ1) is 13.6. The average Bonchev–Trinajstić information content (AvgIpc) is 3.19. The fourth-order valence-electron chi connectivity index (χ4n) is 2.74. The van der Waals surface area contributed by atoms with Crippen molar-refractivity contribution in [2.75, 3.05) is 33.4 Å². The number of pyridine rings is 1. The van der Waals surface area contributed by atoms with Gasteiger partial charge in [0.25, 0.3) is 0 Å². The van der Waals surface area contributed by atoms with E-state index in [1.54, 1.807) is 51.4 Å². The molecule has 148 valence electrons. The summed E-state index contributed by atoms with van der Waals surface area (Å²) in [6.07, 6.45) is 1.76. The number of rotatable bonds is 8. The number of nitrogens with zero attached hydrogens (tertiary/aromatic N) is 4. The molecule has 3 aromatic rings. The number of hydrogen-bond donors (Lipinski definition) is 1. The fourth-order valence-corrected chi connectivity index (χ4v) is 2.74. The number of aromatic nitrogens is 3.